The van der Waals surface area contributed by atoms with Crippen LogP contribution >= 0.6 is 0 Å². The summed E-state index contributed by atoms with van der Waals surface area (Å²) in [5.74, 6) is 3.74. The lowest BCUT2D eigenvalue weighted by molar-refractivity contribution is -0.137. The Hall–Kier alpha value is -1.30. The molecule has 0 amide bonds. The first-order valence-corrected chi connectivity index (χ1v) is 3.34. The maximum absolute atomic E-state index is 10.7. The average molecular weight is 154 g/mol. The predicted molar refractivity (Wildman–Crippen MR) is 39.9 cm³/mol. The third-order valence-electron chi connectivity index (χ3n) is 1.06. The van der Waals surface area contributed by atoms with Crippen LogP contribution in [0.4, 0.5) is 0 Å². The van der Waals surface area contributed by atoms with Gasteiger partial charge in [0.2, 0.25) is 5.78 Å². The van der Waals surface area contributed by atoms with Crippen LogP contribution in [0.5, 0.6) is 0 Å². The third-order valence-corrected chi connectivity index (χ3v) is 1.06. The second kappa shape index (κ2) is 5.48. The first kappa shape index (κ1) is 9.70. The number of carbonyl (C=O) groups is 2. The van der Waals surface area contributed by atoms with Crippen molar-refractivity contribution in [2.45, 2.75) is 26.2 Å². The number of rotatable bonds is 4. The Morgan fingerprint density at radius 2 is 2.00 bits per heavy atom. The molecule has 0 aromatic heterocycles. The summed E-state index contributed by atoms with van der Waals surface area (Å²) in [7, 11) is 0. The van der Waals surface area contributed by atoms with Crippen LogP contribution in [0, 0.1) is 11.8 Å². The monoisotopic (exact) mass is 154 g/mol. The van der Waals surface area contributed by atoms with Gasteiger partial charge in [0.15, 0.2) is 0 Å². The van der Waals surface area contributed by atoms with Crippen molar-refractivity contribution in [1.29, 1.82) is 0 Å². The molecular weight excluding hydrogens is 144 g/mol. The fourth-order valence-electron chi connectivity index (χ4n) is 0.602. The molecule has 0 aromatic carbocycles. The normalized spacial score (nSPS) is 8.09. The number of hydrogen-bond donors (Lipinski definition) is 1. The Bertz CT molecular complexity index is 207. The van der Waals surface area contributed by atoms with Crippen LogP contribution < -0.4 is 0 Å². The highest BCUT2D eigenvalue weighted by Crippen LogP contribution is 1.95. The van der Waals surface area contributed by atoms with Gasteiger partial charge in [0.25, 0.3) is 0 Å². The van der Waals surface area contributed by atoms with Crippen LogP contribution in [-0.2, 0) is 9.59 Å². The molecule has 3 nitrogen and oxygen atoms in total. The van der Waals surface area contributed by atoms with E-state index in [0.29, 0.717) is 6.42 Å². The first-order chi connectivity index (χ1) is 5.16. The van der Waals surface area contributed by atoms with Gasteiger partial charge in [-0.15, -0.1) is 0 Å². The molecule has 0 unspecified atom stereocenters. The van der Waals surface area contributed by atoms with Gasteiger partial charge in [-0.3, -0.25) is 9.59 Å². The zero-order valence-corrected chi connectivity index (χ0v) is 6.39. The Morgan fingerprint density at radius 3 is 2.45 bits per heavy atom. The molecule has 0 saturated carbocycles. The molecule has 0 aromatic rings. The molecule has 0 saturated heterocycles. The van der Waals surface area contributed by atoms with Crippen molar-refractivity contribution in [2.24, 2.45) is 0 Å². The zero-order chi connectivity index (χ0) is 8.69. The number of hydrogen-bond acceptors (Lipinski definition) is 2. The SMILES string of the molecule is CC#CC(=O)CCCC(=O)O. The molecule has 1 N–H and O–H groups in total. The maximum Gasteiger partial charge on any atom is 0.303 e. The molecule has 0 fully saturated rings. The molecule has 0 rings (SSSR count). The predicted octanol–water partition coefficient (Wildman–Crippen LogP) is 0.834. The smallest absolute Gasteiger partial charge is 0.303 e. The fraction of sp³-hybridized carbons (Fsp3) is 0.500. The number of aliphatic carboxylic acids is 1. The van der Waals surface area contributed by atoms with Gasteiger partial charge < -0.3 is 5.11 Å². The van der Waals surface area contributed by atoms with Crippen LogP contribution in [-0.4, -0.2) is 16.9 Å². The van der Waals surface area contributed by atoms with Crippen LogP contribution in [0.3, 0.4) is 0 Å². The van der Waals surface area contributed by atoms with E-state index < -0.39 is 5.97 Å². The topological polar surface area (TPSA) is 54.4 Å². The Kier molecular flexibility index (Phi) is 4.83. The van der Waals surface area contributed by atoms with Gasteiger partial charge in [0.1, 0.15) is 0 Å². The molecule has 3 heteroatoms. The lowest BCUT2D eigenvalue weighted by atomic mass is 10.2. The minimum absolute atomic E-state index is 0.0388. The van der Waals surface area contributed by atoms with E-state index in [1.807, 2.05) is 0 Å². The zero-order valence-electron chi connectivity index (χ0n) is 6.39. The van der Waals surface area contributed by atoms with Crippen LogP contribution in [0.25, 0.3) is 0 Å². The van der Waals surface area contributed by atoms with E-state index >= 15 is 0 Å². The molecule has 0 heterocycles. The lowest BCUT2D eigenvalue weighted by Gasteiger charge is -1.89. The third kappa shape index (κ3) is 6.59. The van der Waals surface area contributed by atoms with Crippen LogP contribution in [0.2, 0.25) is 0 Å². The second-order valence-corrected chi connectivity index (χ2v) is 2.05. The van der Waals surface area contributed by atoms with Gasteiger partial charge in [-0.2, -0.15) is 0 Å². The van der Waals surface area contributed by atoms with Crippen molar-refractivity contribution in [3.63, 3.8) is 0 Å². The summed E-state index contributed by atoms with van der Waals surface area (Å²) in [5, 5.41) is 8.21. The van der Waals surface area contributed by atoms with Crippen LogP contribution in [0.1, 0.15) is 26.2 Å². The number of carbonyl (C=O) groups excluding carboxylic acids is 1. The van der Waals surface area contributed by atoms with E-state index in [4.69, 9.17) is 5.11 Å². The summed E-state index contributed by atoms with van der Waals surface area (Å²) < 4.78 is 0. The maximum atomic E-state index is 10.7. The molecule has 0 bridgehead atoms. The molecular formula is C8H10O3. The van der Waals surface area contributed by atoms with Gasteiger partial charge in [0, 0.05) is 12.8 Å². The molecule has 0 aliphatic heterocycles. The largest absolute Gasteiger partial charge is 0.481 e. The van der Waals surface area contributed by atoms with Crippen molar-refractivity contribution >= 4 is 11.8 Å². The molecule has 0 atom stereocenters. The Balaban J connectivity index is 3.44. The Morgan fingerprint density at radius 1 is 1.36 bits per heavy atom. The van der Waals surface area contributed by atoms with E-state index in [1.54, 1.807) is 6.92 Å². The van der Waals surface area contributed by atoms with Crippen molar-refractivity contribution in [3.05, 3.63) is 0 Å². The summed E-state index contributed by atoms with van der Waals surface area (Å²) in [4.78, 5) is 20.6. The number of carboxylic acids is 1. The molecule has 0 aliphatic rings. The summed E-state index contributed by atoms with van der Waals surface area (Å²) in [5.41, 5.74) is 0. The van der Waals surface area contributed by atoms with Crippen LogP contribution in [0.15, 0.2) is 0 Å². The van der Waals surface area contributed by atoms with Gasteiger partial charge in [-0.1, -0.05) is 5.92 Å². The number of ketones is 1. The van der Waals surface area contributed by atoms with Gasteiger partial charge >= 0.3 is 5.97 Å². The van der Waals surface area contributed by atoms with E-state index in [-0.39, 0.29) is 18.6 Å². The summed E-state index contributed by atoms with van der Waals surface area (Å²) in [6, 6.07) is 0. The molecule has 0 spiro atoms. The quantitative estimate of drug-likeness (QED) is 0.482. The number of carboxylic acid groups (broad SMARTS) is 1. The highest BCUT2D eigenvalue weighted by atomic mass is 16.4. The highest BCUT2D eigenvalue weighted by molar-refractivity contribution is 5.95. The van der Waals surface area contributed by atoms with E-state index in [1.165, 1.54) is 0 Å². The number of Topliss-reactive ketones (excluding diaryl/α,β-unsaturated/α-hetero) is 1. The van der Waals surface area contributed by atoms with Crippen molar-refractivity contribution in [3.8, 4) is 11.8 Å². The minimum Gasteiger partial charge on any atom is -0.481 e. The molecule has 60 valence electrons. The summed E-state index contributed by atoms with van der Waals surface area (Å²) in [6.45, 7) is 1.58. The van der Waals surface area contributed by atoms with E-state index in [0.717, 1.165) is 0 Å². The van der Waals surface area contributed by atoms with Crippen molar-refractivity contribution in [1.82, 2.24) is 0 Å². The Labute approximate surface area is 65.4 Å². The molecule has 11 heavy (non-hydrogen) atoms. The highest BCUT2D eigenvalue weighted by Gasteiger charge is 1.99. The molecule has 0 aliphatic carbocycles. The van der Waals surface area contributed by atoms with E-state index in [9.17, 15) is 9.59 Å². The molecule has 0 radical (unpaired) electrons. The standard InChI is InChI=1S/C8H10O3/c1-2-4-7(9)5-3-6-8(10)11/h3,5-6H2,1H3,(H,10,11). The average Bonchev–Trinajstić information content (AvgIpc) is 1.87. The first-order valence-electron chi connectivity index (χ1n) is 3.34. The fourth-order valence-corrected chi connectivity index (χ4v) is 0.602. The van der Waals surface area contributed by atoms with Gasteiger partial charge in [0.05, 0.1) is 0 Å². The van der Waals surface area contributed by atoms with Crippen molar-refractivity contribution < 1.29 is 14.7 Å². The van der Waals surface area contributed by atoms with E-state index in [2.05, 4.69) is 11.8 Å². The lowest BCUT2D eigenvalue weighted by Crippen LogP contribution is -1.98. The van der Waals surface area contributed by atoms with Gasteiger partial charge in [-0.05, 0) is 19.3 Å². The minimum atomic E-state index is -0.873. The second-order valence-electron chi connectivity index (χ2n) is 2.05. The van der Waals surface area contributed by atoms with Crippen molar-refractivity contribution in [2.75, 3.05) is 0 Å². The van der Waals surface area contributed by atoms with Gasteiger partial charge in [-0.25, -0.2) is 0 Å². The summed E-state index contributed by atoms with van der Waals surface area (Å²) in [6.07, 6.45) is 0.660. The summed E-state index contributed by atoms with van der Waals surface area (Å²) >= 11 is 0.